The molecular formula is C10H8BrN3O2. The molecule has 0 aliphatic heterocycles. The fourth-order valence-electron chi connectivity index (χ4n) is 1.37. The lowest BCUT2D eigenvalue weighted by Gasteiger charge is -2.07. The molecule has 1 aromatic heterocycles. The van der Waals surface area contributed by atoms with Crippen LogP contribution in [-0.2, 0) is 0 Å². The van der Waals surface area contributed by atoms with E-state index in [1.54, 1.807) is 24.5 Å². The number of aromatic nitrogens is 2. The van der Waals surface area contributed by atoms with Crippen LogP contribution in [0.1, 0.15) is 10.4 Å². The van der Waals surface area contributed by atoms with Crippen LogP contribution >= 0.6 is 15.9 Å². The third-order valence-electron chi connectivity index (χ3n) is 2.11. The van der Waals surface area contributed by atoms with Crippen molar-refractivity contribution in [3.05, 3.63) is 40.6 Å². The smallest absolute Gasteiger partial charge is 0.337 e. The minimum absolute atomic E-state index is 0.0733. The van der Waals surface area contributed by atoms with Gasteiger partial charge in [-0.2, -0.15) is 5.10 Å². The molecule has 0 spiro atoms. The van der Waals surface area contributed by atoms with Gasteiger partial charge in [-0.15, -0.1) is 0 Å². The first-order chi connectivity index (χ1) is 7.59. The molecule has 6 heteroatoms. The summed E-state index contributed by atoms with van der Waals surface area (Å²) >= 11 is 3.26. The lowest BCUT2D eigenvalue weighted by molar-refractivity contribution is 0.0698. The number of halogens is 1. The van der Waals surface area contributed by atoms with Gasteiger partial charge in [0.05, 0.1) is 27.6 Å². The zero-order valence-corrected chi connectivity index (χ0v) is 9.68. The number of anilines is 1. The molecule has 2 rings (SSSR count). The average Bonchev–Trinajstić information content (AvgIpc) is 2.64. The van der Waals surface area contributed by atoms with Crippen LogP contribution in [0.5, 0.6) is 0 Å². The number of nitrogen functional groups attached to an aromatic ring is 1. The van der Waals surface area contributed by atoms with Crippen molar-refractivity contribution in [2.24, 2.45) is 0 Å². The number of aromatic carboxylic acids is 1. The van der Waals surface area contributed by atoms with Gasteiger partial charge in [-0.3, -0.25) is 0 Å². The maximum absolute atomic E-state index is 10.9. The molecule has 0 saturated carbocycles. The number of nitrogens with zero attached hydrogens (tertiary/aromatic N) is 2. The second-order valence-electron chi connectivity index (χ2n) is 3.15. The molecule has 82 valence electrons. The number of carboxylic acids is 1. The van der Waals surface area contributed by atoms with Gasteiger partial charge in [0, 0.05) is 6.20 Å². The predicted octanol–water partition coefficient (Wildman–Crippen LogP) is 1.92. The van der Waals surface area contributed by atoms with Gasteiger partial charge < -0.3 is 10.8 Å². The van der Waals surface area contributed by atoms with E-state index in [0.717, 1.165) is 4.47 Å². The summed E-state index contributed by atoms with van der Waals surface area (Å²) in [5.41, 5.74) is 6.59. The van der Waals surface area contributed by atoms with Crippen molar-refractivity contribution < 1.29 is 9.90 Å². The van der Waals surface area contributed by atoms with Crippen LogP contribution in [0, 0.1) is 0 Å². The van der Waals surface area contributed by atoms with Crippen molar-refractivity contribution in [1.29, 1.82) is 0 Å². The summed E-state index contributed by atoms with van der Waals surface area (Å²) in [4.78, 5) is 10.9. The predicted molar refractivity (Wildman–Crippen MR) is 62.6 cm³/mol. The van der Waals surface area contributed by atoms with E-state index in [1.807, 2.05) is 0 Å². The Labute approximate surface area is 99.6 Å². The molecule has 5 nitrogen and oxygen atoms in total. The van der Waals surface area contributed by atoms with Crippen LogP contribution in [0.15, 0.2) is 35.1 Å². The highest BCUT2D eigenvalue weighted by atomic mass is 79.9. The third kappa shape index (κ3) is 1.79. The minimum Gasteiger partial charge on any atom is -0.478 e. The molecule has 3 N–H and O–H groups in total. The summed E-state index contributed by atoms with van der Waals surface area (Å²) < 4.78 is 2.32. The highest BCUT2D eigenvalue weighted by Crippen LogP contribution is 2.22. The second-order valence-corrected chi connectivity index (χ2v) is 4.06. The maximum Gasteiger partial charge on any atom is 0.337 e. The molecule has 0 atom stereocenters. The van der Waals surface area contributed by atoms with Gasteiger partial charge >= 0.3 is 5.97 Å². The van der Waals surface area contributed by atoms with E-state index in [-0.39, 0.29) is 11.3 Å². The molecule has 0 saturated heterocycles. The van der Waals surface area contributed by atoms with Crippen molar-refractivity contribution in [2.45, 2.75) is 0 Å². The van der Waals surface area contributed by atoms with E-state index < -0.39 is 5.97 Å². The van der Waals surface area contributed by atoms with E-state index >= 15 is 0 Å². The van der Waals surface area contributed by atoms with Crippen LogP contribution in [0.25, 0.3) is 5.69 Å². The van der Waals surface area contributed by atoms with Crippen molar-refractivity contribution in [1.82, 2.24) is 9.78 Å². The first-order valence-corrected chi connectivity index (χ1v) is 5.21. The average molecular weight is 282 g/mol. The Morgan fingerprint density at radius 2 is 2.25 bits per heavy atom. The lowest BCUT2D eigenvalue weighted by atomic mass is 10.1. The topological polar surface area (TPSA) is 81.1 Å². The maximum atomic E-state index is 10.9. The first-order valence-electron chi connectivity index (χ1n) is 4.42. The first kappa shape index (κ1) is 10.7. The van der Waals surface area contributed by atoms with Gasteiger partial charge in [0.15, 0.2) is 0 Å². The van der Waals surface area contributed by atoms with E-state index in [4.69, 9.17) is 10.8 Å². The van der Waals surface area contributed by atoms with Gasteiger partial charge in [0.2, 0.25) is 0 Å². The largest absolute Gasteiger partial charge is 0.478 e. The van der Waals surface area contributed by atoms with Crippen LogP contribution in [0.2, 0.25) is 0 Å². The number of hydrogen-bond acceptors (Lipinski definition) is 3. The van der Waals surface area contributed by atoms with Crippen molar-refractivity contribution >= 4 is 27.6 Å². The SMILES string of the molecule is Nc1c(C(=O)O)cccc1-n1cc(Br)cn1. The minimum atomic E-state index is -1.05. The molecule has 2 aromatic rings. The number of para-hydroxylation sites is 1. The zero-order valence-electron chi connectivity index (χ0n) is 8.09. The zero-order chi connectivity index (χ0) is 11.7. The molecule has 0 radical (unpaired) electrons. The molecule has 0 fully saturated rings. The normalized spacial score (nSPS) is 10.3. The van der Waals surface area contributed by atoms with Crippen molar-refractivity contribution in [3.8, 4) is 5.69 Å². The highest BCUT2D eigenvalue weighted by Gasteiger charge is 2.12. The summed E-state index contributed by atoms with van der Waals surface area (Å²) in [6.07, 6.45) is 3.31. The van der Waals surface area contributed by atoms with E-state index in [0.29, 0.717) is 5.69 Å². The van der Waals surface area contributed by atoms with Crippen LogP contribution in [0.3, 0.4) is 0 Å². The second kappa shape index (κ2) is 3.97. The van der Waals surface area contributed by atoms with Gasteiger partial charge in [-0.1, -0.05) is 6.07 Å². The number of carboxylic acid groups (broad SMARTS) is 1. The Hall–Kier alpha value is -1.82. The molecular weight excluding hydrogens is 274 g/mol. The molecule has 0 aliphatic rings. The van der Waals surface area contributed by atoms with E-state index in [9.17, 15) is 4.79 Å². The van der Waals surface area contributed by atoms with Crippen LogP contribution < -0.4 is 5.73 Å². The van der Waals surface area contributed by atoms with E-state index in [2.05, 4.69) is 21.0 Å². The molecule has 0 aliphatic carbocycles. The fourth-order valence-corrected chi connectivity index (χ4v) is 1.66. The monoisotopic (exact) mass is 281 g/mol. The summed E-state index contributed by atoms with van der Waals surface area (Å²) in [5.74, 6) is -1.05. The quantitative estimate of drug-likeness (QED) is 0.824. The number of benzene rings is 1. The molecule has 0 bridgehead atoms. The van der Waals surface area contributed by atoms with Crippen LogP contribution in [-0.4, -0.2) is 20.9 Å². The van der Waals surface area contributed by atoms with Gasteiger partial charge in [-0.05, 0) is 28.1 Å². The summed E-state index contributed by atoms with van der Waals surface area (Å²) in [6, 6.07) is 4.80. The Morgan fingerprint density at radius 1 is 1.50 bits per heavy atom. The van der Waals surface area contributed by atoms with Crippen LogP contribution in [0.4, 0.5) is 5.69 Å². The molecule has 0 amide bonds. The van der Waals surface area contributed by atoms with Gasteiger partial charge in [0.25, 0.3) is 0 Å². The number of carbonyl (C=O) groups is 1. The summed E-state index contributed by atoms with van der Waals surface area (Å²) in [5, 5.41) is 13.0. The van der Waals surface area contributed by atoms with Crippen molar-refractivity contribution in [2.75, 3.05) is 5.73 Å². The van der Waals surface area contributed by atoms with E-state index in [1.165, 1.54) is 10.7 Å². The molecule has 0 unspecified atom stereocenters. The number of rotatable bonds is 2. The third-order valence-corrected chi connectivity index (χ3v) is 2.52. The summed E-state index contributed by atoms with van der Waals surface area (Å²) in [6.45, 7) is 0. The van der Waals surface area contributed by atoms with Gasteiger partial charge in [-0.25, -0.2) is 9.48 Å². The summed E-state index contributed by atoms with van der Waals surface area (Å²) in [7, 11) is 0. The highest BCUT2D eigenvalue weighted by molar-refractivity contribution is 9.10. The number of hydrogen-bond donors (Lipinski definition) is 2. The molecule has 1 aromatic carbocycles. The molecule has 1 heterocycles. The fraction of sp³-hybridized carbons (Fsp3) is 0. The Morgan fingerprint density at radius 3 is 2.81 bits per heavy atom. The van der Waals surface area contributed by atoms with Gasteiger partial charge in [0.1, 0.15) is 0 Å². The standard InChI is InChI=1S/C10H8BrN3O2/c11-6-4-13-14(5-6)8-3-1-2-7(9(8)12)10(15)16/h1-5H,12H2,(H,15,16). The lowest BCUT2D eigenvalue weighted by Crippen LogP contribution is -2.07. The molecule has 16 heavy (non-hydrogen) atoms. The Kier molecular flexibility index (Phi) is 2.66. The van der Waals surface area contributed by atoms with Crippen molar-refractivity contribution in [3.63, 3.8) is 0 Å². The Bertz CT molecular complexity index is 551. The Balaban J connectivity index is 2.58. The number of nitrogens with two attached hydrogens (primary N) is 1.